The van der Waals surface area contributed by atoms with Crippen LogP contribution >= 0.6 is 23.2 Å². The molecule has 0 spiro atoms. The van der Waals surface area contributed by atoms with Crippen LogP contribution in [0.4, 0.5) is 5.82 Å². The number of carbonyl (C=O) groups excluding carboxylic acids is 1. The minimum Gasteiger partial charge on any atom is -0.451 e. The van der Waals surface area contributed by atoms with Gasteiger partial charge in [-0.3, -0.25) is 4.84 Å². The molecule has 46 heavy (non-hydrogen) atoms. The number of nitrogens with zero attached hydrogens (tertiary/aromatic N) is 3. The summed E-state index contributed by atoms with van der Waals surface area (Å²) in [6.45, 7) is -0.165. The summed E-state index contributed by atoms with van der Waals surface area (Å²) in [4.78, 5) is 27.2. The first-order chi connectivity index (χ1) is 22.3. The molecule has 1 aliphatic heterocycles. The number of fused-ring (bicyclic) bond motifs is 1. The Kier molecular flexibility index (Phi) is 9.52. The van der Waals surface area contributed by atoms with Gasteiger partial charge in [0.25, 0.3) is 0 Å². The molecule has 0 saturated carbocycles. The van der Waals surface area contributed by atoms with Crippen molar-refractivity contribution in [3.63, 3.8) is 0 Å². The van der Waals surface area contributed by atoms with Crippen LogP contribution in [0.3, 0.4) is 0 Å². The Morgan fingerprint density at radius 3 is 2.43 bits per heavy atom. The third-order valence-corrected chi connectivity index (χ3v) is 8.59. The number of hydrogen-bond donors (Lipinski definition) is 4. The van der Waals surface area contributed by atoms with Gasteiger partial charge in [-0.2, -0.15) is 0 Å². The SMILES string of the molecule is CONc1ncnc2c1c(CCO)cn2[C@@H]1O[C@H](C(OC(=O)c2ccc(-c3ccccc3)cc2)c2ccc(Cl)c(Cl)c2)[C@@H](O)[C@H]1O. The average molecular weight is 666 g/mol. The molecule has 238 valence electrons. The Balaban J connectivity index is 1.34. The smallest absolute Gasteiger partial charge is 0.338 e. The maximum Gasteiger partial charge on any atom is 0.338 e. The van der Waals surface area contributed by atoms with Gasteiger partial charge in [0.2, 0.25) is 0 Å². The molecule has 1 fully saturated rings. The van der Waals surface area contributed by atoms with Crippen molar-refractivity contribution < 1.29 is 34.4 Å². The summed E-state index contributed by atoms with van der Waals surface area (Å²) in [5.74, 6) is -0.329. The van der Waals surface area contributed by atoms with Gasteiger partial charge in [0.15, 0.2) is 18.1 Å². The number of rotatable bonds is 10. The lowest BCUT2D eigenvalue weighted by Gasteiger charge is -2.26. The van der Waals surface area contributed by atoms with Crippen molar-refractivity contribution in [2.24, 2.45) is 0 Å². The van der Waals surface area contributed by atoms with Gasteiger partial charge in [0.05, 0.1) is 28.1 Å². The molecule has 13 heteroatoms. The van der Waals surface area contributed by atoms with Crippen LogP contribution in [0.1, 0.15) is 33.8 Å². The average Bonchev–Trinajstić information content (AvgIpc) is 3.58. The van der Waals surface area contributed by atoms with E-state index in [2.05, 4.69) is 15.4 Å². The number of anilines is 1. The molecule has 0 radical (unpaired) electrons. The molecular weight excluding hydrogens is 635 g/mol. The standard InChI is InChI=1S/C33H30Cl2N4O7/c1-44-38-30-25-22(13-14-40)16-39(31(25)37-17-36-30)32-27(42)26(41)29(45-32)28(21-11-12-23(34)24(35)15-21)46-33(43)20-9-7-19(8-10-20)18-5-3-2-4-6-18/h2-12,15-17,26-29,32,40-42H,13-14H2,1H3,(H,36,37,38)/t26-,27+,28?,29-,32+/m0/s1. The van der Waals surface area contributed by atoms with Crippen molar-refractivity contribution in [1.82, 2.24) is 14.5 Å². The Morgan fingerprint density at radius 2 is 1.74 bits per heavy atom. The number of hydrogen-bond acceptors (Lipinski definition) is 10. The molecular formula is C33H30Cl2N4O7. The largest absolute Gasteiger partial charge is 0.451 e. The molecule has 6 rings (SSSR count). The van der Waals surface area contributed by atoms with Crippen LogP contribution in [-0.4, -0.2) is 67.9 Å². The van der Waals surface area contributed by atoms with Crippen LogP contribution in [-0.2, 0) is 20.7 Å². The van der Waals surface area contributed by atoms with E-state index in [0.29, 0.717) is 28.0 Å². The third kappa shape index (κ3) is 6.18. The van der Waals surface area contributed by atoms with Gasteiger partial charge in [-0.1, -0.05) is 71.7 Å². The van der Waals surface area contributed by atoms with Crippen molar-refractivity contribution in [1.29, 1.82) is 0 Å². The van der Waals surface area contributed by atoms with Crippen LogP contribution in [0, 0.1) is 0 Å². The lowest BCUT2D eigenvalue weighted by Crippen LogP contribution is -2.36. The van der Waals surface area contributed by atoms with Crippen LogP contribution < -0.4 is 5.48 Å². The maximum absolute atomic E-state index is 13.5. The first-order valence-corrected chi connectivity index (χ1v) is 15.1. The first kappa shape index (κ1) is 31.9. The number of esters is 1. The number of ether oxygens (including phenoxy) is 2. The van der Waals surface area contributed by atoms with E-state index < -0.39 is 36.6 Å². The van der Waals surface area contributed by atoms with Gasteiger partial charge in [0.1, 0.15) is 30.3 Å². The van der Waals surface area contributed by atoms with E-state index in [1.165, 1.54) is 19.5 Å². The van der Waals surface area contributed by atoms with E-state index in [1.54, 1.807) is 35.0 Å². The van der Waals surface area contributed by atoms with E-state index >= 15 is 0 Å². The van der Waals surface area contributed by atoms with E-state index in [9.17, 15) is 20.1 Å². The lowest BCUT2D eigenvalue weighted by molar-refractivity contribution is -0.0916. The minimum atomic E-state index is -1.50. The van der Waals surface area contributed by atoms with Gasteiger partial charge >= 0.3 is 5.97 Å². The second-order valence-electron chi connectivity index (χ2n) is 10.7. The third-order valence-electron chi connectivity index (χ3n) is 7.85. The highest BCUT2D eigenvalue weighted by Crippen LogP contribution is 2.41. The molecule has 0 bridgehead atoms. The van der Waals surface area contributed by atoms with Crippen molar-refractivity contribution >= 4 is 46.0 Å². The predicted octanol–water partition coefficient (Wildman–Crippen LogP) is 5.13. The molecule has 1 unspecified atom stereocenters. The molecule has 2 aromatic heterocycles. The van der Waals surface area contributed by atoms with E-state index in [0.717, 1.165) is 11.1 Å². The summed E-state index contributed by atoms with van der Waals surface area (Å²) in [7, 11) is 1.43. The zero-order chi connectivity index (χ0) is 32.4. The maximum atomic E-state index is 13.5. The van der Waals surface area contributed by atoms with Gasteiger partial charge in [-0.05, 0) is 52.9 Å². The van der Waals surface area contributed by atoms with Crippen molar-refractivity contribution in [2.45, 2.75) is 37.1 Å². The number of nitrogens with one attached hydrogen (secondary N) is 1. The molecule has 1 saturated heterocycles. The van der Waals surface area contributed by atoms with Crippen LogP contribution in [0.2, 0.25) is 10.0 Å². The summed E-state index contributed by atoms with van der Waals surface area (Å²) in [6, 6.07) is 21.3. The van der Waals surface area contributed by atoms with Gasteiger partial charge in [0, 0.05) is 12.8 Å². The molecule has 4 N–H and O–H groups in total. The summed E-state index contributed by atoms with van der Waals surface area (Å²) in [5.41, 5.74) is 6.30. The molecule has 1 aliphatic rings. The van der Waals surface area contributed by atoms with Crippen LogP contribution in [0.15, 0.2) is 85.3 Å². The van der Waals surface area contributed by atoms with Gasteiger partial charge < -0.3 is 29.4 Å². The number of halogens is 2. The van der Waals surface area contributed by atoms with Crippen molar-refractivity contribution in [3.05, 3.63) is 112 Å². The molecule has 5 aromatic rings. The first-order valence-electron chi connectivity index (χ1n) is 14.4. The molecule has 3 heterocycles. The molecule has 11 nitrogen and oxygen atoms in total. The normalized spacial score (nSPS) is 20.1. The zero-order valence-electron chi connectivity index (χ0n) is 24.5. The Labute approximate surface area is 273 Å². The lowest BCUT2D eigenvalue weighted by atomic mass is 9.98. The molecule has 0 amide bonds. The van der Waals surface area contributed by atoms with Crippen LogP contribution in [0.25, 0.3) is 22.2 Å². The predicted molar refractivity (Wildman–Crippen MR) is 171 cm³/mol. The van der Waals surface area contributed by atoms with E-state index in [1.807, 2.05) is 42.5 Å². The van der Waals surface area contributed by atoms with Gasteiger partial charge in [-0.15, -0.1) is 0 Å². The number of aliphatic hydroxyl groups is 3. The summed E-state index contributed by atoms with van der Waals surface area (Å²) in [5, 5.41) is 33.4. The number of benzene rings is 3. The molecule has 3 aromatic carbocycles. The Bertz CT molecular complexity index is 1840. The Hall–Kier alpha value is -4.07. The second kappa shape index (κ2) is 13.7. The summed E-state index contributed by atoms with van der Waals surface area (Å²) in [6.07, 6.45) is -3.35. The quantitative estimate of drug-likeness (QED) is 0.117. The molecule has 5 atom stereocenters. The highest BCUT2D eigenvalue weighted by atomic mass is 35.5. The minimum absolute atomic E-state index is 0.165. The number of carbonyl (C=O) groups is 1. The molecule has 0 aliphatic carbocycles. The number of aliphatic hydroxyl groups excluding tert-OH is 3. The second-order valence-corrected chi connectivity index (χ2v) is 11.5. The van der Waals surface area contributed by atoms with Crippen molar-refractivity contribution in [2.75, 3.05) is 19.2 Å². The fraction of sp³-hybridized carbons (Fsp3) is 0.242. The highest BCUT2D eigenvalue weighted by Gasteiger charge is 2.49. The van der Waals surface area contributed by atoms with Crippen LogP contribution in [0.5, 0.6) is 0 Å². The number of aromatic nitrogens is 3. The Morgan fingerprint density at radius 1 is 1.00 bits per heavy atom. The topological polar surface area (TPSA) is 148 Å². The van der Waals surface area contributed by atoms with Crippen molar-refractivity contribution in [3.8, 4) is 11.1 Å². The van der Waals surface area contributed by atoms with E-state index in [4.69, 9.17) is 37.5 Å². The summed E-state index contributed by atoms with van der Waals surface area (Å²) >= 11 is 12.5. The summed E-state index contributed by atoms with van der Waals surface area (Å²) < 4.78 is 13.9. The highest BCUT2D eigenvalue weighted by molar-refractivity contribution is 6.42. The fourth-order valence-corrected chi connectivity index (χ4v) is 5.94. The van der Waals surface area contributed by atoms with E-state index in [-0.39, 0.29) is 28.6 Å². The monoisotopic (exact) mass is 664 g/mol. The fourth-order valence-electron chi connectivity index (χ4n) is 5.63. The van der Waals surface area contributed by atoms with Gasteiger partial charge in [-0.25, -0.2) is 20.2 Å². The zero-order valence-corrected chi connectivity index (χ0v) is 26.0.